The first-order chi connectivity index (χ1) is 13.9. The zero-order valence-electron chi connectivity index (χ0n) is 16.0. The lowest BCUT2D eigenvalue weighted by Gasteiger charge is -2.25. The largest absolute Gasteiger partial charge is 0.381 e. The fourth-order valence-corrected chi connectivity index (χ4v) is 4.33. The van der Waals surface area contributed by atoms with Gasteiger partial charge >= 0.3 is 0 Å². The lowest BCUT2D eigenvalue weighted by molar-refractivity contribution is 0.463. The first-order valence-electron chi connectivity index (χ1n) is 10.3. The summed E-state index contributed by atoms with van der Waals surface area (Å²) in [7, 11) is 0. The van der Waals surface area contributed by atoms with Crippen molar-refractivity contribution in [2.75, 3.05) is 5.32 Å². The molecule has 140 valence electrons. The van der Waals surface area contributed by atoms with Gasteiger partial charge in [0.25, 0.3) is 0 Å². The highest BCUT2D eigenvalue weighted by Gasteiger charge is 2.18. The zero-order chi connectivity index (χ0) is 18.8. The van der Waals surface area contributed by atoms with E-state index in [1.54, 1.807) is 0 Å². The van der Waals surface area contributed by atoms with Crippen molar-refractivity contribution in [3.8, 4) is 22.3 Å². The van der Waals surface area contributed by atoms with E-state index >= 15 is 0 Å². The zero-order valence-corrected chi connectivity index (χ0v) is 16.0. The highest BCUT2D eigenvalue weighted by atomic mass is 14.9. The molecular formula is C25H25N3. The van der Waals surface area contributed by atoms with Crippen LogP contribution in [0.5, 0.6) is 0 Å². The highest BCUT2D eigenvalue weighted by molar-refractivity contribution is 5.98. The Kier molecular flexibility index (Phi) is 4.58. The molecule has 0 aliphatic heterocycles. The van der Waals surface area contributed by atoms with Crippen molar-refractivity contribution in [2.45, 2.75) is 38.1 Å². The second-order valence-electron chi connectivity index (χ2n) is 7.71. The van der Waals surface area contributed by atoms with Crippen LogP contribution in [-0.4, -0.2) is 16.0 Å². The highest BCUT2D eigenvalue weighted by Crippen LogP contribution is 2.36. The van der Waals surface area contributed by atoms with E-state index < -0.39 is 0 Å². The summed E-state index contributed by atoms with van der Waals surface area (Å²) in [5, 5.41) is 5.05. The van der Waals surface area contributed by atoms with Crippen LogP contribution >= 0.6 is 0 Å². The summed E-state index contributed by atoms with van der Waals surface area (Å²) in [5.41, 5.74) is 7.01. The van der Waals surface area contributed by atoms with Gasteiger partial charge in [0.05, 0.1) is 5.69 Å². The van der Waals surface area contributed by atoms with Crippen molar-refractivity contribution in [1.82, 2.24) is 9.97 Å². The molecule has 2 heterocycles. The SMILES string of the molecule is c1ccc(-c2cccc(-c3cnc4[nH]ccc4c3NC3CCCCC3)c2)cc1. The molecule has 1 saturated carbocycles. The Labute approximate surface area is 165 Å². The van der Waals surface area contributed by atoms with E-state index in [1.165, 1.54) is 65.4 Å². The van der Waals surface area contributed by atoms with E-state index in [2.05, 4.69) is 75.9 Å². The first-order valence-corrected chi connectivity index (χ1v) is 10.3. The number of anilines is 1. The quantitative estimate of drug-likeness (QED) is 0.424. The number of aromatic amines is 1. The molecule has 4 aromatic rings. The third-order valence-corrected chi connectivity index (χ3v) is 5.82. The third kappa shape index (κ3) is 3.29. The van der Waals surface area contributed by atoms with Crippen LogP contribution in [0.4, 0.5) is 5.69 Å². The fraction of sp³-hybridized carbons (Fsp3) is 0.240. The number of aromatic nitrogens is 2. The normalized spacial score (nSPS) is 15.0. The predicted molar refractivity (Wildman–Crippen MR) is 117 cm³/mol. The van der Waals surface area contributed by atoms with E-state index in [1.807, 2.05) is 12.4 Å². The molecule has 2 aromatic heterocycles. The van der Waals surface area contributed by atoms with Gasteiger partial charge in [-0.15, -0.1) is 0 Å². The molecular weight excluding hydrogens is 342 g/mol. The Morgan fingerprint density at radius 2 is 1.61 bits per heavy atom. The van der Waals surface area contributed by atoms with Crippen molar-refractivity contribution < 1.29 is 0 Å². The number of H-pyrrole nitrogens is 1. The van der Waals surface area contributed by atoms with Gasteiger partial charge in [0.15, 0.2) is 0 Å². The summed E-state index contributed by atoms with van der Waals surface area (Å²) in [5.74, 6) is 0. The van der Waals surface area contributed by atoms with Crippen LogP contribution in [0.25, 0.3) is 33.3 Å². The molecule has 1 aliphatic carbocycles. The van der Waals surface area contributed by atoms with Crippen LogP contribution in [0.15, 0.2) is 73.1 Å². The topological polar surface area (TPSA) is 40.7 Å². The molecule has 0 atom stereocenters. The molecule has 5 rings (SSSR count). The van der Waals surface area contributed by atoms with Gasteiger partial charge in [0.2, 0.25) is 0 Å². The molecule has 2 aromatic carbocycles. The summed E-state index contributed by atoms with van der Waals surface area (Å²) in [6, 6.07) is 22.0. The van der Waals surface area contributed by atoms with Crippen LogP contribution in [0.1, 0.15) is 32.1 Å². The number of pyridine rings is 1. The van der Waals surface area contributed by atoms with Crippen molar-refractivity contribution in [1.29, 1.82) is 0 Å². The molecule has 0 unspecified atom stereocenters. The lowest BCUT2D eigenvalue weighted by atomic mass is 9.94. The van der Waals surface area contributed by atoms with Crippen molar-refractivity contribution >= 4 is 16.7 Å². The fourth-order valence-electron chi connectivity index (χ4n) is 4.33. The van der Waals surface area contributed by atoms with Crippen LogP contribution < -0.4 is 5.32 Å². The second kappa shape index (κ2) is 7.51. The average Bonchev–Trinajstić information content (AvgIpc) is 3.25. The van der Waals surface area contributed by atoms with Gasteiger partial charge in [0, 0.05) is 29.4 Å². The minimum Gasteiger partial charge on any atom is -0.381 e. The Morgan fingerprint density at radius 1 is 0.821 bits per heavy atom. The summed E-state index contributed by atoms with van der Waals surface area (Å²) >= 11 is 0. The van der Waals surface area contributed by atoms with E-state index in [0.717, 1.165) is 5.65 Å². The maximum absolute atomic E-state index is 4.68. The van der Waals surface area contributed by atoms with Crippen LogP contribution in [0.3, 0.4) is 0 Å². The maximum atomic E-state index is 4.68. The summed E-state index contributed by atoms with van der Waals surface area (Å²) in [4.78, 5) is 7.94. The molecule has 0 radical (unpaired) electrons. The van der Waals surface area contributed by atoms with Crippen LogP contribution in [0.2, 0.25) is 0 Å². The molecule has 3 heteroatoms. The number of hydrogen-bond donors (Lipinski definition) is 2. The first kappa shape index (κ1) is 17.1. The Balaban J connectivity index is 1.59. The van der Waals surface area contributed by atoms with Crippen molar-refractivity contribution in [3.63, 3.8) is 0 Å². The van der Waals surface area contributed by atoms with E-state index in [4.69, 9.17) is 0 Å². The number of benzene rings is 2. The minimum absolute atomic E-state index is 0.547. The van der Waals surface area contributed by atoms with E-state index in [9.17, 15) is 0 Å². The van der Waals surface area contributed by atoms with Crippen molar-refractivity contribution in [3.05, 3.63) is 73.1 Å². The molecule has 28 heavy (non-hydrogen) atoms. The number of nitrogens with zero attached hydrogens (tertiary/aromatic N) is 1. The van der Waals surface area contributed by atoms with Crippen LogP contribution in [-0.2, 0) is 0 Å². The van der Waals surface area contributed by atoms with Gasteiger partial charge in [-0.1, -0.05) is 67.8 Å². The molecule has 0 spiro atoms. The van der Waals surface area contributed by atoms with Crippen molar-refractivity contribution in [2.24, 2.45) is 0 Å². The van der Waals surface area contributed by atoms with E-state index in [0.29, 0.717) is 6.04 Å². The summed E-state index contributed by atoms with van der Waals surface area (Å²) < 4.78 is 0. The summed E-state index contributed by atoms with van der Waals surface area (Å²) in [6.45, 7) is 0. The van der Waals surface area contributed by atoms with E-state index in [-0.39, 0.29) is 0 Å². The lowest BCUT2D eigenvalue weighted by Crippen LogP contribution is -2.22. The monoisotopic (exact) mass is 367 g/mol. The molecule has 0 saturated heterocycles. The van der Waals surface area contributed by atoms with Gasteiger partial charge in [-0.3, -0.25) is 0 Å². The number of hydrogen-bond acceptors (Lipinski definition) is 2. The third-order valence-electron chi connectivity index (χ3n) is 5.82. The smallest absolute Gasteiger partial charge is 0.139 e. The molecule has 0 amide bonds. The average molecular weight is 367 g/mol. The Bertz CT molecular complexity index is 1080. The van der Waals surface area contributed by atoms with Gasteiger partial charge in [0.1, 0.15) is 5.65 Å². The van der Waals surface area contributed by atoms with Gasteiger partial charge in [-0.05, 0) is 41.7 Å². The summed E-state index contributed by atoms with van der Waals surface area (Å²) in [6.07, 6.45) is 10.5. The number of rotatable bonds is 4. The molecule has 3 nitrogen and oxygen atoms in total. The van der Waals surface area contributed by atoms with Gasteiger partial charge < -0.3 is 10.3 Å². The molecule has 0 bridgehead atoms. The Morgan fingerprint density at radius 3 is 2.46 bits per heavy atom. The molecule has 1 aliphatic rings. The van der Waals surface area contributed by atoms with Gasteiger partial charge in [-0.2, -0.15) is 0 Å². The molecule has 2 N–H and O–H groups in total. The van der Waals surface area contributed by atoms with Gasteiger partial charge in [-0.25, -0.2) is 4.98 Å². The molecule has 1 fully saturated rings. The predicted octanol–water partition coefficient (Wildman–Crippen LogP) is 6.64. The Hall–Kier alpha value is -3.07. The minimum atomic E-state index is 0.547. The number of fused-ring (bicyclic) bond motifs is 1. The second-order valence-corrected chi connectivity index (χ2v) is 7.71. The maximum Gasteiger partial charge on any atom is 0.139 e. The van der Waals surface area contributed by atoms with Crippen LogP contribution in [0, 0.1) is 0 Å². The number of nitrogens with one attached hydrogen (secondary N) is 2. The standard InChI is InChI=1S/C25H25N3/c1-3-8-18(9-4-1)19-10-7-11-20(16-19)23-17-27-25-22(14-15-26-25)24(23)28-21-12-5-2-6-13-21/h1,3-4,7-11,14-17,21H,2,5-6,12-13H2,(H2,26,27,28).